The van der Waals surface area contributed by atoms with Crippen molar-refractivity contribution in [2.45, 2.75) is 51.6 Å². The molecule has 0 bridgehead atoms. The quantitative estimate of drug-likeness (QED) is 0.765. The lowest BCUT2D eigenvalue weighted by Crippen LogP contribution is -2.40. The summed E-state index contributed by atoms with van der Waals surface area (Å²) in [6, 6.07) is 2.25. The molecule has 9 heteroatoms. The van der Waals surface area contributed by atoms with Gasteiger partial charge in [-0.15, -0.1) is 0 Å². The van der Waals surface area contributed by atoms with Crippen LogP contribution in [0.3, 0.4) is 0 Å². The van der Waals surface area contributed by atoms with Crippen LogP contribution < -0.4 is 16.1 Å². The summed E-state index contributed by atoms with van der Waals surface area (Å²) in [4.78, 5) is 22.5. The van der Waals surface area contributed by atoms with Crippen molar-refractivity contribution in [1.82, 2.24) is 29.9 Å². The van der Waals surface area contributed by atoms with Gasteiger partial charge >= 0.3 is 0 Å². The minimum absolute atomic E-state index is 0.0107. The van der Waals surface area contributed by atoms with Crippen LogP contribution in [-0.4, -0.2) is 69.2 Å². The molecule has 0 aliphatic carbocycles. The minimum Gasteiger partial charge on any atom is -0.355 e. The van der Waals surface area contributed by atoms with Crippen LogP contribution in [0.5, 0.6) is 0 Å². The second kappa shape index (κ2) is 8.12. The summed E-state index contributed by atoms with van der Waals surface area (Å²) < 4.78 is 1.86. The Labute approximate surface area is 182 Å². The number of likely N-dealkylation sites (tertiary alicyclic amines) is 1. The number of aromatic nitrogens is 3. The number of anilines is 1. The first-order valence-corrected chi connectivity index (χ1v) is 11.4. The molecule has 5 heterocycles. The van der Waals surface area contributed by atoms with E-state index >= 15 is 0 Å². The molecule has 0 radical (unpaired) electrons. The lowest BCUT2D eigenvalue weighted by molar-refractivity contribution is -0.131. The molecule has 9 nitrogen and oxygen atoms in total. The average molecular weight is 425 g/mol. The maximum absolute atomic E-state index is 13.3. The molecule has 166 valence electrons. The van der Waals surface area contributed by atoms with Crippen LogP contribution in [0.25, 0.3) is 5.65 Å². The van der Waals surface area contributed by atoms with Gasteiger partial charge in [0, 0.05) is 62.8 Å². The average Bonchev–Trinajstić information content (AvgIpc) is 3.51. The Morgan fingerprint density at radius 2 is 2.16 bits per heavy atom. The zero-order valence-electron chi connectivity index (χ0n) is 18.4. The molecule has 0 unspecified atom stereocenters. The van der Waals surface area contributed by atoms with E-state index in [0.717, 1.165) is 80.2 Å². The maximum atomic E-state index is 13.3. The van der Waals surface area contributed by atoms with E-state index in [4.69, 9.17) is 15.8 Å². The highest BCUT2D eigenvalue weighted by atomic mass is 16.2. The summed E-state index contributed by atoms with van der Waals surface area (Å²) in [7, 11) is 0. The number of nitrogens with zero attached hydrogens (tertiary/aromatic N) is 6. The Morgan fingerprint density at radius 3 is 2.90 bits per heavy atom. The Balaban J connectivity index is 1.42. The van der Waals surface area contributed by atoms with Crippen molar-refractivity contribution < 1.29 is 4.79 Å². The van der Waals surface area contributed by atoms with Crippen LogP contribution in [0.4, 0.5) is 5.82 Å². The van der Waals surface area contributed by atoms with Crippen molar-refractivity contribution in [3.8, 4) is 0 Å². The number of aryl methyl sites for hydroxylation is 1. The van der Waals surface area contributed by atoms with Crippen molar-refractivity contribution in [3.63, 3.8) is 0 Å². The van der Waals surface area contributed by atoms with Crippen LogP contribution in [0.2, 0.25) is 0 Å². The van der Waals surface area contributed by atoms with E-state index in [2.05, 4.69) is 30.2 Å². The van der Waals surface area contributed by atoms with Gasteiger partial charge in [-0.2, -0.15) is 5.10 Å². The monoisotopic (exact) mass is 424 g/mol. The molecule has 2 aromatic heterocycles. The molecule has 3 N–H and O–H groups in total. The molecule has 3 aliphatic rings. The Morgan fingerprint density at radius 1 is 1.29 bits per heavy atom. The smallest absolute Gasteiger partial charge is 0.253 e. The molecule has 31 heavy (non-hydrogen) atoms. The van der Waals surface area contributed by atoms with E-state index < -0.39 is 0 Å². The number of fused-ring (bicyclic) bond motifs is 1. The van der Waals surface area contributed by atoms with Gasteiger partial charge in [-0.05, 0) is 32.6 Å². The largest absolute Gasteiger partial charge is 0.355 e. The van der Waals surface area contributed by atoms with Gasteiger partial charge in [-0.3, -0.25) is 4.79 Å². The topological polar surface area (TPSA) is 95.0 Å². The number of rotatable bonds is 4. The molecule has 2 aromatic rings. The molecular formula is C22H32N8O. The van der Waals surface area contributed by atoms with Gasteiger partial charge in [0.1, 0.15) is 5.82 Å². The van der Waals surface area contributed by atoms with E-state index in [1.165, 1.54) is 0 Å². The van der Waals surface area contributed by atoms with Crippen LogP contribution in [-0.2, 0) is 4.79 Å². The number of hydrogen-bond donors (Lipinski definition) is 2. The van der Waals surface area contributed by atoms with Crippen molar-refractivity contribution >= 4 is 17.4 Å². The van der Waals surface area contributed by atoms with Crippen LogP contribution in [0.15, 0.2) is 24.0 Å². The van der Waals surface area contributed by atoms with Crippen molar-refractivity contribution in [2.24, 2.45) is 5.73 Å². The molecule has 0 spiro atoms. The second-order valence-electron chi connectivity index (χ2n) is 8.94. The highest BCUT2D eigenvalue weighted by Crippen LogP contribution is 2.33. The molecule has 2 atom stereocenters. The molecule has 3 aliphatic heterocycles. The molecular weight excluding hydrogens is 392 g/mol. The van der Waals surface area contributed by atoms with Gasteiger partial charge in [0.25, 0.3) is 5.91 Å². The predicted octanol–water partition coefficient (Wildman–Crippen LogP) is 1.35. The van der Waals surface area contributed by atoms with Crippen LogP contribution in [0.1, 0.15) is 49.9 Å². The number of nitrogens with two attached hydrogens (primary N) is 1. The lowest BCUT2D eigenvalue weighted by atomic mass is 9.98. The fraction of sp³-hybridized carbons (Fsp3) is 0.591. The second-order valence-corrected chi connectivity index (χ2v) is 8.94. The first kappa shape index (κ1) is 20.3. The van der Waals surface area contributed by atoms with Crippen LogP contribution >= 0.6 is 0 Å². The summed E-state index contributed by atoms with van der Waals surface area (Å²) in [5.41, 5.74) is 12.9. The number of hydrazine groups is 1. The first-order valence-electron chi connectivity index (χ1n) is 11.4. The first-order chi connectivity index (χ1) is 15.0. The Hall–Kier alpha value is -2.65. The number of nitrogens with one attached hydrogen (secondary N) is 1. The SMILES string of the molecule is CCN1CC(C(=O)N2CCCC[C@H]2c2cc3nc(N4CC[C@H](N)C4)c(C)cn3n2)=CN1. The third kappa shape index (κ3) is 3.76. The Kier molecular flexibility index (Phi) is 5.31. The van der Waals surface area contributed by atoms with Gasteiger partial charge < -0.3 is 21.0 Å². The third-order valence-corrected chi connectivity index (χ3v) is 6.69. The Bertz CT molecular complexity index is 1010. The number of hydrogen-bond acceptors (Lipinski definition) is 7. The number of carbonyl (C=O) groups excluding carboxylic acids is 1. The molecule has 1 amide bonds. The van der Waals surface area contributed by atoms with Gasteiger partial charge in [-0.25, -0.2) is 14.5 Å². The van der Waals surface area contributed by atoms with Gasteiger partial charge in [-0.1, -0.05) is 6.92 Å². The minimum atomic E-state index is -0.0107. The van der Waals surface area contributed by atoms with E-state index in [1.54, 1.807) is 0 Å². The number of carbonyl (C=O) groups is 1. The van der Waals surface area contributed by atoms with Crippen molar-refractivity contribution in [3.05, 3.63) is 35.3 Å². The van der Waals surface area contributed by atoms with Gasteiger partial charge in [0.05, 0.1) is 17.3 Å². The molecule has 0 saturated carbocycles. The van der Waals surface area contributed by atoms with Gasteiger partial charge in [0.15, 0.2) is 5.65 Å². The normalized spacial score (nSPS) is 24.7. The highest BCUT2D eigenvalue weighted by molar-refractivity contribution is 5.94. The summed E-state index contributed by atoms with van der Waals surface area (Å²) in [5.74, 6) is 1.10. The van der Waals surface area contributed by atoms with E-state index in [0.29, 0.717) is 6.54 Å². The number of amides is 1. The van der Waals surface area contributed by atoms with Crippen molar-refractivity contribution in [2.75, 3.05) is 37.6 Å². The molecule has 5 rings (SSSR count). The highest BCUT2D eigenvalue weighted by Gasteiger charge is 2.33. The van der Waals surface area contributed by atoms with Crippen molar-refractivity contribution in [1.29, 1.82) is 0 Å². The summed E-state index contributed by atoms with van der Waals surface area (Å²) >= 11 is 0. The molecule has 2 fully saturated rings. The van der Waals surface area contributed by atoms with Gasteiger partial charge in [0.2, 0.25) is 0 Å². The van der Waals surface area contributed by atoms with E-state index in [-0.39, 0.29) is 18.0 Å². The summed E-state index contributed by atoms with van der Waals surface area (Å²) in [6.45, 7) is 8.20. The maximum Gasteiger partial charge on any atom is 0.253 e. The standard InChI is InChI=1S/C22H32N8O/c1-3-28-13-16(11-24-28)22(31)29-8-5-4-6-19(29)18-10-20-25-21(15(2)12-30(20)26-18)27-9-7-17(23)14-27/h10-12,17,19,24H,3-9,13-14,23H2,1-2H3/t17-,19-/m0/s1. The summed E-state index contributed by atoms with van der Waals surface area (Å²) in [6.07, 6.45) is 7.95. The van der Waals surface area contributed by atoms with E-state index in [9.17, 15) is 4.79 Å². The zero-order valence-corrected chi connectivity index (χ0v) is 18.4. The zero-order chi connectivity index (χ0) is 21.5. The summed E-state index contributed by atoms with van der Waals surface area (Å²) in [5, 5.41) is 6.88. The fourth-order valence-electron chi connectivity index (χ4n) is 4.95. The lowest BCUT2D eigenvalue weighted by Gasteiger charge is -2.35. The molecule has 0 aromatic carbocycles. The number of piperidine rings is 1. The predicted molar refractivity (Wildman–Crippen MR) is 119 cm³/mol. The molecule has 2 saturated heterocycles. The fourth-order valence-corrected chi connectivity index (χ4v) is 4.95. The number of likely N-dealkylation sites (N-methyl/N-ethyl adjacent to an activating group) is 1. The van der Waals surface area contributed by atoms with E-state index in [1.807, 2.05) is 26.8 Å². The third-order valence-electron chi connectivity index (χ3n) is 6.69. The van der Waals surface area contributed by atoms with Crippen LogP contribution in [0, 0.1) is 6.92 Å².